The summed E-state index contributed by atoms with van der Waals surface area (Å²) < 4.78 is 5.47. The first-order valence-electron chi connectivity index (χ1n) is 10.5. The zero-order valence-corrected chi connectivity index (χ0v) is 18.4. The quantitative estimate of drug-likeness (QED) is 0.453. The van der Waals surface area contributed by atoms with Gasteiger partial charge in [0.2, 0.25) is 5.91 Å². The molecule has 0 saturated carbocycles. The van der Waals surface area contributed by atoms with Gasteiger partial charge in [0.1, 0.15) is 5.75 Å². The highest BCUT2D eigenvalue weighted by atomic mass is 16.5. The molecule has 7 nitrogen and oxygen atoms in total. The molecule has 2 unspecified atom stereocenters. The third-order valence-corrected chi connectivity index (χ3v) is 5.06. The van der Waals surface area contributed by atoms with Gasteiger partial charge in [-0.05, 0) is 43.2 Å². The van der Waals surface area contributed by atoms with Crippen molar-refractivity contribution in [3.63, 3.8) is 0 Å². The summed E-state index contributed by atoms with van der Waals surface area (Å²) in [7, 11) is 0. The number of ether oxygens (including phenoxy) is 1. The van der Waals surface area contributed by atoms with Crippen LogP contribution in [0.1, 0.15) is 40.9 Å². The van der Waals surface area contributed by atoms with Crippen LogP contribution in [-0.4, -0.2) is 29.0 Å². The van der Waals surface area contributed by atoms with Crippen molar-refractivity contribution >= 4 is 23.5 Å². The molecular weight excluding hydrogens is 420 g/mol. The predicted octanol–water partition coefficient (Wildman–Crippen LogP) is 4.35. The van der Waals surface area contributed by atoms with Crippen molar-refractivity contribution in [2.24, 2.45) is 0 Å². The molecule has 2 atom stereocenters. The monoisotopic (exact) mass is 446 g/mol. The maximum absolute atomic E-state index is 12.8. The maximum atomic E-state index is 12.8. The summed E-state index contributed by atoms with van der Waals surface area (Å²) in [6, 6.07) is 22.6. The van der Waals surface area contributed by atoms with Crippen LogP contribution >= 0.6 is 0 Å². The number of hydrogen-bond donors (Lipinski definition) is 3. The van der Waals surface area contributed by atoms with Gasteiger partial charge in [-0.25, -0.2) is 4.79 Å². The van der Waals surface area contributed by atoms with E-state index < -0.39 is 18.1 Å². The second kappa shape index (κ2) is 10.9. The van der Waals surface area contributed by atoms with Crippen molar-refractivity contribution in [1.82, 2.24) is 5.32 Å². The molecule has 33 heavy (non-hydrogen) atoms. The summed E-state index contributed by atoms with van der Waals surface area (Å²) in [6.07, 6.45) is -1.01. The molecule has 170 valence electrons. The Morgan fingerprint density at radius 3 is 2.21 bits per heavy atom. The minimum atomic E-state index is -1.08. The highest BCUT2D eigenvalue weighted by Crippen LogP contribution is 2.25. The summed E-state index contributed by atoms with van der Waals surface area (Å²) in [6.45, 7) is 3.23. The highest BCUT2D eigenvalue weighted by Gasteiger charge is 2.20. The van der Waals surface area contributed by atoms with Crippen LogP contribution in [0.25, 0.3) is 0 Å². The van der Waals surface area contributed by atoms with E-state index in [0.29, 0.717) is 17.0 Å². The van der Waals surface area contributed by atoms with Crippen molar-refractivity contribution in [3.05, 3.63) is 95.6 Å². The lowest BCUT2D eigenvalue weighted by molar-refractivity contribution is -0.144. The molecule has 0 bridgehead atoms. The Balaban J connectivity index is 1.73. The van der Waals surface area contributed by atoms with E-state index in [1.807, 2.05) is 36.4 Å². The molecule has 3 rings (SSSR count). The summed E-state index contributed by atoms with van der Waals surface area (Å²) in [5.41, 5.74) is 2.53. The van der Waals surface area contributed by atoms with Crippen molar-refractivity contribution < 1.29 is 24.2 Å². The second-order valence-corrected chi connectivity index (χ2v) is 7.63. The predicted molar refractivity (Wildman–Crippen MR) is 125 cm³/mol. The van der Waals surface area contributed by atoms with E-state index in [2.05, 4.69) is 10.6 Å². The summed E-state index contributed by atoms with van der Waals surface area (Å²) in [5, 5.41) is 14.8. The molecular formula is C26H26N2O5. The number of carbonyl (C=O) groups is 3. The van der Waals surface area contributed by atoms with Crippen molar-refractivity contribution in [3.8, 4) is 5.75 Å². The zero-order valence-electron chi connectivity index (χ0n) is 18.4. The van der Waals surface area contributed by atoms with Gasteiger partial charge in [0.15, 0.2) is 6.10 Å². The van der Waals surface area contributed by atoms with Gasteiger partial charge in [-0.1, -0.05) is 54.6 Å². The van der Waals surface area contributed by atoms with E-state index >= 15 is 0 Å². The number of aliphatic carboxylic acids is 1. The minimum Gasteiger partial charge on any atom is -0.479 e. The number of nitrogens with one attached hydrogen (secondary N) is 2. The van der Waals surface area contributed by atoms with Gasteiger partial charge in [-0.3, -0.25) is 9.59 Å². The number of carboxylic acid groups (broad SMARTS) is 1. The van der Waals surface area contributed by atoms with Gasteiger partial charge >= 0.3 is 5.97 Å². The van der Waals surface area contributed by atoms with Crippen LogP contribution in [0.15, 0.2) is 78.9 Å². The van der Waals surface area contributed by atoms with E-state index in [9.17, 15) is 14.4 Å². The number of hydrogen-bond acceptors (Lipinski definition) is 4. The van der Waals surface area contributed by atoms with Crippen molar-refractivity contribution in [2.45, 2.75) is 32.4 Å². The number of amides is 2. The molecule has 7 heteroatoms. The minimum absolute atomic E-state index is 0.0121. The van der Waals surface area contributed by atoms with Gasteiger partial charge in [0.05, 0.1) is 12.5 Å². The highest BCUT2D eigenvalue weighted by molar-refractivity contribution is 5.96. The molecule has 3 aromatic carbocycles. The first kappa shape index (κ1) is 23.5. The molecule has 0 aliphatic carbocycles. The van der Waals surface area contributed by atoms with Crippen molar-refractivity contribution in [2.75, 3.05) is 5.32 Å². The number of benzene rings is 3. The first-order valence-corrected chi connectivity index (χ1v) is 10.5. The lowest BCUT2D eigenvalue weighted by atomic mass is 10.0. The number of rotatable bonds is 9. The first-order chi connectivity index (χ1) is 15.8. The standard InChI is InChI=1S/C26H26N2O5/c1-17-13-14-21(15-23(17)33-18(2)26(31)32)27-24(29)16-22(19-9-5-3-6-10-19)28-25(30)20-11-7-4-8-12-20/h3-15,18,22H,16H2,1-2H3,(H,27,29)(H,28,30)(H,31,32). The molecule has 0 radical (unpaired) electrons. The zero-order chi connectivity index (χ0) is 23.8. The Labute approximate surface area is 192 Å². The Morgan fingerprint density at radius 2 is 1.58 bits per heavy atom. The average molecular weight is 447 g/mol. The van der Waals surface area contributed by atoms with Crippen LogP contribution in [0.5, 0.6) is 5.75 Å². The Morgan fingerprint density at radius 1 is 0.939 bits per heavy atom. The van der Waals surface area contributed by atoms with Crippen LogP contribution in [0, 0.1) is 6.92 Å². The Hall–Kier alpha value is -4.13. The van der Waals surface area contributed by atoms with Gasteiger partial charge in [-0.15, -0.1) is 0 Å². The van der Waals surface area contributed by atoms with Crippen LogP contribution in [0.4, 0.5) is 5.69 Å². The SMILES string of the molecule is Cc1ccc(NC(=O)CC(NC(=O)c2ccccc2)c2ccccc2)cc1OC(C)C(=O)O. The van der Waals surface area contributed by atoms with Crippen LogP contribution in [-0.2, 0) is 9.59 Å². The molecule has 0 saturated heterocycles. The van der Waals surface area contributed by atoms with Crippen LogP contribution < -0.4 is 15.4 Å². The Kier molecular flexibility index (Phi) is 7.81. The smallest absolute Gasteiger partial charge is 0.344 e. The third-order valence-electron chi connectivity index (χ3n) is 5.06. The van der Waals surface area contributed by atoms with Gasteiger partial charge in [-0.2, -0.15) is 0 Å². The van der Waals surface area contributed by atoms with Gasteiger partial charge in [0, 0.05) is 17.3 Å². The maximum Gasteiger partial charge on any atom is 0.344 e. The molecule has 0 aromatic heterocycles. The average Bonchev–Trinajstić information content (AvgIpc) is 2.81. The van der Waals surface area contributed by atoms with E-state index in [4.69, 9.17) is 9.84 Å². The molecule has 0 spiro atoms. The molecule has 0 heterocycles. The molecule has 0 aliphatic rings. The van der Waals surface area contributed by atoms with E-state index in [1.165, 1.54) is 6.92 Å². The van der Waals surface area contributed by atoms with Gasteiger partial charge in [0.25, 0.3) is 5.91 Å². The van der Waals surface area contributed by atoms with E-state index in [-0.39, 0.29) is 18.2 Å². The molecule has 0 aliphatic heterocycles. The van der Waals surface area contributed by atoms with Gasteiger partial charge < -0.3 is 20.5 Å². The number of anilines is 1. The fourth-order valence-corrected chi connectivity index (χ4v) is 3.21. The molecule has 2 amide bonds. The lowest BCUT2D eigenvalue weighted by Crippen LogP contribution is -2.31. The van der Waals surface area contributed by atoms with E-state index in [0.717, 1.165) is 11.1 Å². The summed E-state index contributed by atoms with van der Waals surface area (Å²) >= 11 is 0. The lowest BCUT2D eigenvalue weighted by Gasteiger charge is -2.20. The Bertz CT molecular complexity index is 1120. The number of aryl methyl sites for hydroxylation is 1. The van der Waals surface area contributed by atoms with Crippen LogP contribution in [0.2, 0.25) is 0 Å². The summed E-state index contributed by atoms with van der Waals surface area (Å²) in [4.78, 5) is 36.6. The number of carboxylic acids is 1. The topological polar surface area (TPSA) is 105 Å². The fraction of sp³-hybridized carbons (Fsp3) is 0.192. The van der Waals surface area contributed by atoms with E-state index in [1.54, 1.807) is 49.4 Å². The molecule has 3 N–H and O–H groups in total. The largest absolute Gasteiger partial charge is 0.479 e. The summed E-state index contributed by atoms with van der Waals surface area (Å²) in [5.74, 6) is -1.28. The van der Waals surface area contributed by atoms with Crippen LogP contribution in [0.3, 0.4) is 0 Å². The normalized spacial score (nSPS) is 12.3. The third kappa shape index (κ3) is 6.67. The number of carbonyl (C=O) groups excluding carboxylic acids is 2. The second-order valence-electron chi connectivity index (χ2n) is 7.63. The molecule has 3 aromatic rings. The molecule has 0 fully saturated rings. The fourth-order valence-electron chi connectivity index (χ4n) is 3.21. The van der Waals surface area contributed by atoms with Crippen molar-refractivity contribution in [1.29, 1.82) is 0 Å².